The number of aryl methyl sites for hydroxylation is 1. The van der Waals surface area contributed by atoms with E-state index in [1.54, 1.807) is 0 Å². The minimum Gasteiger partial charge on any atom is -0.486 e. The molecule has 3 aliphatic heterocycles. The van der Waals surface area contributed by atoms with Gasteiger partial charge in [-0.3, -0.25) is 9.80 Å². The number of hydrogen-bond acceptors (Lipinski definition) is 5. The molecule has 1 unspecified atom stereocenters. The maximum Gasteiger partial charge on any atom is 0.161 e. The Kier molecular flexibility index (Phi) is 4.42. The van der Waals surface area contributed by atoms with E-state index in [2.05, 4.69) is 34.2 Å². The number of ether oxygens (including phenoxy) is 2. The van der Waals surface area contributed by atoms with E-state index < -0.39 is 0 Å². The maximum absolute atomic E-state index is 5.73. The number of rotatable bonds is 3. The third-order valence-electron chi connectivity index (χ3n) is 5.35. The van der Waals surface area contributed by atoms with E-state index in [9.17, 15) is 0 Å². The largest absolute Gasteiger partial charge is 0.486 e. The average Bonchev–Trinajstić information content (AvgIpc) is 3.11. The Balaban J connectivity index is 1.37. The fourth-order valence-corrected chi connectivity index (χ4v) is 3.88. The lowest BCUT2D eigenvalue weighted by Gasteiger charge is -2.38. The van der Waals surface area contributed by atoms with Gasteiger partial charge in [0.05, 0.1) is 0 Å². The zero-order valence-corrected chi connectivity index (χ0v) is 14.0. The molecule has 4 rings (SSSR count). The molecule has 0 bridgehead atoms. The summed E-state index contributed by atoms with van der Waals surface area (Å²) in [5.41, 5.74) is 2.67. The lowest BCUT2D eigenvalue weighted by atomic mass is 10.1. The quantitative estimate of drug-likeness (QED) is 0.908. The second-order valence-corrected chi connectivity index (χ2v) is 6.88. The first-order valence-corrected chi connectivity index (χ1v) is 8.86. The zero-order valence-electron chi connectivity index (χ0n) is 14.0. The smallest absolute Gasteiger partial charge is 0.161 e. The third kappa shape index (κ3) is 3.32. The highest BCUT2D eigenvalue weighted by atomic mass is 16.6. The van der Waals surface area contributed by atoms with Crippen LogP contribution in [0.5, 0.6) is 11.5 Å². The maximum atomic E-state index is 5.73. The Labute approximate surface area is 138 Å². The summed E-state index contributed by atoms with van der Waals surface area (Å²) in [6, 6.07) is 5.06. The van der Waals surface area contributed by atoms with Crippen LogP contribution in [-0.4, -0.2) is 68.3 Å². The number of benzene rings is 1. The van der Waals surface area contributed by atoms with Crippen molar-refractivity contribution in [2.45, 2.75) is 25.9 Å². The Morgan fingerprint density at radius 1 is 1.09 bits per heavy atom. The normalized spacial score (nSPS) is 25.7. The van der Waals surface area contributed by atoms with E-state index in [1.165, 1.54) is 43.7 Å². The molecule has 0 radical (unpaired) electrons. The van der Waals surface area contributed by atoms with Crippen molar-refractivity contribution < 1.29 is 9.47 Å². The number of hydrogen-bond donors (Lipinski definition) is 1. The second kappa shape index (κ2) is 6.67. The summed E-state index contributed by atoms with van der Waals surface area (Å²) in [5, 5.41) is 3.48. The Morgan fingerprint density at radius 3 is 2.52 bits per heavy atom. The van der Waals surface area contributed by atoms with Crippen LogP contribution in [-0.2, 0) is 6.54 Å². The van der Waals surface area contributed by atoms with Gasteiger partial charge in [-0.15, -0.1) is 0 Å². The predicted molar refractivity (Wildman–Crippen MR) is 90.3 cm³/mol. The summed E-state index contributed by atoms with van der Waals surface area (Å²) in [6.45, 7) is 11.5. The first kappa shape index (κ1) is 15.2. The Morgan fingerprint density at radius 2 is 1.83 bits per heavy atom. The lowest BCUT2D eigenvalue weighted by Crippen LogP contribution is -2.50. The van der Waals surface area contributed by atoms with Crippen LogP contribution in [0, 0.1) is 6.92 Å². The van der Waals surface area contributed by atoms with Gasteiger partial charge in [0.15, 0.2) is 11.5 Å². The van der Waals surface area contributed by atoms with Gasteiger partial charge in [-0.05, 0) is 43.1 Å². The molecule has 0 aliphatic carbocycles. The number of nitrogens with zero attached hydrogens (tertiary/aromatic N) is 2. The summed E-state index contributed by atoms with van der Waals surface area (Å²) < 4.78 is 11.4. The van der Waals surface area contributed by atoms with Gasteiger partial charge in [-0.2, -0.15) is 0 Å². The molecule has 23 heavy (non-hydrogen) atoms. The molecular formula is C18H27N3O2. The molecular weight excluding hydrogens is 290 g/mol. The molecule has 0 amide bonds. The Hall–Kier alpha value is -1.30. The standard InChI is InChI=1S/C18H27N3O2/c1-14-10-17-18(23-9-8-22-17)11-15(14)13-20-4-6-21(7-5-20)16-2-3-19-12-16/h10-11,16,19H,2-9,12-13H2,1H3. The van der Waals surface area contributed by atoms with E-state index in [-0.39, 0.29) is 0 Å². The highest BCUT2D eigenvalue weighted by Gasteiger charge is 2.26. The van der Waals surface area contributed by atoms with Crippen LogP contribution in [0.3, 0.4) is 0 Å². The summed E-state index contributed by atoms with van der Waals surface area (Å²) in [7, 11) is 0. The van der Waals surface area contributed by atoms with Crippen molar-refractivity contribution in [3.05, 3.63) is 23.3 Å². The Bertz CT molecular complexity index is 549. The van der Waals surface area contributed by atoms with Crippen molar-refractivity contribution in [1.82, 2.24) is 15.1 Å². The first-order valence-electron chi connectivity index (χ1n) is 8.86. The van der Waals surface area contributed by atoms with Crippen LogP contribution in [0.15, 0.2) is 12.1 Å². The van der Waals surface area contributed by atoms with Crippen molar-refractivity contribution in [3.63, 3.8) is 0 Å². The van der Waals surface area contributed by atoms with Gasteiger partial charge < -0.3 is 14.8 Å². The lowest BCUT2D eigenvalue weighted by molar-refractivity contribution is 0.0978. The van der Waals surface area contributed by atoms with Crippen molar-refractivity contribution in [1.29, 1.82) is 0 Å². The van der Waals surface area contributed by atoms with Gasteiger partial charge >= 0.3 is 0 Å². The summed E-state index contributed by atoms with van der Waals surface area (Å²) in [4.78, 5) is 5.23. The van der Waals surface area contributed by atoms with Crippen LogP contribution < -0.4 is 14.8 Å². The van der Waals surface area contributed by atoms with Crippen LogP contribution >= 0.6 is 0 Å². The average molecular weight is 317 g/mol. The molecule has 1 N–H and O–H groups in total. The summed E-state index contributed by atoms with van der Waals surface area (Å²) >= 11 is 0. The van der Waals surface area contributed by atoms with Crippen molar-refractivity contribution in [2.24, 2.45) is 0 Å². The number of nitrogens with one attached hydrogen (secondary N) is 1. The van der Waals surface area contributed by atoms with Crippen LogP contribution in [0.2, 0.25) is 0 Å². The third-order valence-corrected chi connectivity index (χ3v) is 5.35. The van der Waals surface area contributed by atoms with Gasteiger partial charge in [0.1, 0.15) is 13.2 Å². The highest BCUT2D eigenvalue weighted by Crippen LogP contribution is 2.33. The molecule has 3 heterocycles. The minimum absolute atomic E-state index is 0.656. The van der Waals surface area contributed by atoms with Crippen LogP contribution in [0.4, 0.5) is 0 Å². The monoisotopic (exact) mass is 317 g/mol. The number of fused-ring (bicyclic) bond motifs is 1. The summed E-state index contributed by atoms with van der Waals surface area (Å²) in [6.07, 6.45) is 1.31. The van der Waals surface area contributed by atoms with E-state index in [0.717, 1.165) is 37.2 Å². The van der Waals surface area contributed by atoms with E-state index in [0.29, 0.717) is 13.2 Å². The molecule has 1 aromatic carbocycles. The van der Waals surface area contributed by atoms with Gasteiger partial charge in [0.2, 0.25) is 0 Å². The topological polar surface area (TPSA) is 37.0 Å². The minimum atomic E-state index is 0.656. The zero-order chi connectivity index (χ0) is 15.6. The molecule has 126 valence electrons. The molecule has 2 saturated heterocycles. The van der Waals surface area contributed by atoms with Crippen LogP contribution in [0.25, 0.3) is 0 Å². The fourth-order valence-electron chi connectivity index (χ4n) is 3.88. The van der Waals surface area contributed by atoms with Gasteiger partial charge in [-0.1, -0.05) is 0 Å². The van der Waals surface area contributed by atoms with Crippen LogP contribution in [0.1, 0.15) is 17.5 Å². The molecule has 0 aromatic heterocycles. The van der Waals surface area contributed by atoms with E-state index in [1.807, 2.05) is 0 Å². The van der Waals surface area contributed by atoms with Gasteiger partial charge in [0.25, 0.3) is 0 Å². The van der Waals surface area contributed by atoms with Gasteiger partial charge in [-0.25, -0.2) is 0 Å². The highest BCUT2D eigenvalue weighted by molar-refractivity contribution is 5.47. The van der Waals surface area contributed by atoms with Gasteiger partial charge in [0, 0.05) is 45.3 Å². The first-order chi connectivity index (χ1) is 11.3. The summed E-state index contributed by atoms with van der Waals surface area (Å²) in [5.74, 6) is 1.81. The molecule has 0 saturated carbocycles. The number of piperazine rings is 1. The molecule has 3 aliphatic rings. The fraction of sp³-hybridized carbons (Fsp3) is 0.667. The molecule has 0 spiro atoms. The van der Waals surface area contributed by atoms with Crippen molar-refractivity contribution >= 4 is 0 Å². The molecule has 5 heteroatoms. The van der Waals surface area contributed by atoms with Crippen molar-refractivity contribution in [2.75, 3.05) is 52.5 Å². The predicted octanol–water partition coefficient (Wildman–Crippen LogP) is 1.25. The van der Waals surface area contributed by atoms with E-state index >= 15 is 0 Å². The molecule has 1 atom stereocenters. The molecule has 5 nitrogen and oxygen atoms in total. The SMILES string of the molecule is Cc1cc2c(cc1CN1CCN(C3CCNC3)CC1)OCCO2. The second-order valence-electron chi connectivity index (χ2n) is 6.88. The van der Waals surface area contributed by atoms with E-state index in [4.69, 9.17) is 9.47 Å². The molecule has 1 aromatic rings. The van der Waals surface area contributed by atoms with Crippen molar-refractivity contribution in [3.8, 4) is 11.5 Å². The molecule has 2 fully saturated rings.